The van der Waals surface area contributed by atoms with E-state index in [0.29, 0.717) is 0 Å². The summed E-state index contributed by atoms with van der Waals surface area (Å²) in [5.41, 5.74) is -0.577. The summed E-state index contributed by atoms with van der Waals surface area (Å²) < 4.78 is 9.44. The molecule has 15 heavy (non-hydrogen) atoms. The van der Waals surface area contributed by atoms with Gasteiger partial charge in [-0.05, 0) is 33.6 Å². The molecule has 0 aromatic heterocycles. The number of carbonyl (C=O) groups excluding carboxylic acids is 2. The Morgan fingerprint density at radius 2 is 1.87 bits per heavy atom. The summed E-state index contributed by atoms with van der Waals surface area (Å²) in [5.74, 6) is 1.04. The average Bonchev–Trinajstić information content (AvgIpc) is 2.81. The lowest BCUT2D eigenvalue weighted by Gasteiger charge is -2.16. The van der Waals surface area contributed by atoms with Gasteiger partial charge in [0.25, 0.3) is 0 Å². The molecule has 0 unspecified atom stereocenters. The van der Waals surface area contributed by atoms with Crippen molar-refractivity contribution in [2.45, 2.75) is 39.2 Å². The number of hydrogen-bond donors (Lipinski definition) is 0. The fraction of sp³-hybridized carbons (Fsp3) is 0.636. The predicted molar refractivity (Wildman–Crippen MR) is 52.4 cm³/mol. The minimum Gasteiger partial charge on any atom is -0.450 e. The van der Waals surface area contributed by atoms with Gasteiger partial charge < -0.3 is 9.47 Å². The maximum Gasteiger partial charge on any atom is 0.388 e. The topological polar surface area (TPSA) is 52.6 Å². The van der Waals surface area contributed by atoms with Crippen molar-refractivity contribution in [2.24, 2.45) is 5.92 Å². The Balaban J connectivity index is 2.30. The highest BCUT2D eigenvalue weighted by Gasteiger charge is 2.31. The Hall–Kier alpha value is -1.50. The average molecular weight is 210 g/mol. The molecule has 0 aliphatic heterocycles. The van der Waals surface area contributed by atoms with E-state index in [0.717, 1.165) is 12.8 Å². The van der Waals surface area contributed by atoms with E-state index >= 15 is 0 Å². The second kappa shape index (κ2) is 4.35. The predicted octanol–water partition coefficient (Wildman–Crippen LogP) is 1.24. The number of rotatable bonds is 1. The zero-order valence-corrected chi connectivity index (χ0v) is 9.12. The molecule has 0 radical (unpaired) electrons. The van der Waals surface area contributed by atoms with Crippen LogP contribution in [-0.4, -0.2) is 17.5 Å². The van der Waals surface area contributed by atoms with Crippen LogP contribution in [0, 0.1) is 17.9 Å². The zero-order chi connectivity index (χ0) is 11.5. The number of esters is 2. The molecule has 0 aromatic carbocycles. The van der Waals surface area contributed by atoms with Gasteiger partial charge in [-0.3, -0.25) is 4.79 Å². The van der Waals surface area contributed by atoms with Gasteiger partial charge >= 0.3 is 11.9 Å². The standard InChI is InChI=1S/C11H14O4/c1-11(2,3)15-9(12)6-7-14-10(13)8-4-5-8/h8H,4-5H2,1-3H3. The van der Waals surface area contributed by atoms with Gasteiger partial charge in [-0.25, -0.2) is 4.79 Å². The SMILES string of the molecule is CC(C)(C)OC(=O)C#COC(=O)C1CC1. The fourth-order valence-corrected chi connectivity index (χ4v) is 0.823. The second-order valence-electron chi connectivity index (χ2n) is 4.42. The Labute approximate surface area is 88.9 Å². The number of ether oxygens (including phenoxy) is 2. The van der Waals surface area contributed by atoms with Gasteiger partial charge in [-0.15, -0.1) is 0 Å². The van der Waals surface area contributed by atoms with Gasteiger partial charge in [0.2, 0.25) is 0 Å². The lowest BCUT2D eigenvalue weighted by molar-refractivity contribution is -0.147. The molecule has 82 valence electrons. The molecule has 0 aromatic rings. The van der Waals surface area contributed by atoms with Crippen LogP contribution in [0.25, 0.3) is 0 Å². The van der Waals surface area contributed by atoms with Crippen LogP contribution in [0.2, 0.25) is 0 Å². The van der Waals surface area contributed by atoms with E-state index in [4.69, 9.17) is 4.74 Å². The van der Waals surface area contributed by atoms with E-state index in [-0.39, 0.29) is 11.9 Å². The van der Waals surface area contributed by atoms with E-state index in [1.54, 1.807) is 20.8 Å². The summed E-state index contributed by atoms with van der Waals surface area (Å²) in [4.78, 5) is 22.0. The van der Waals surface area contributed by atoms with E-state index in [1.165, 1.54) is 0 Å². The molecule has 1 saturated carbocycles. The van der Waals surface area contributed by atoms with Crippen molar-refractivity contribution in [1.29, 1.82) is 0 Å². The highest BCUT2D eigenvalue weighted by Crippen LogP contribution is 2.29. The van der Waals surface area contributed by atoms with E-state index in [1.807, 2.05) is 0 Å². The molecule has 1 aliphatic rings. The normalized spacial score (nSPS) is 14.9. The molecule has 4 heteroatoms. The highest BCUT2D eigenvalue weighted by atomic mass is 16.6. The molecule has 4 nitrogen and oxygen atoms in total. The molecule has 1 fully saturated rings. The summed E-state index contributed by atoms with van der Waals surface area (Å²) in [6, 6.07) is 0. The van der Waals surface area contributed by atoms with Crippen molar-refractivity contribution in [3.05, 3.63) is 0 Å². The van der Waals surface area contributed by atoms with Crippen molar-refractivity contribution in [3.63, 3.8) is 0 Å². The highest BCUT2D eigenvalue weighted by molar-refractivity contribution is 5.89. The lowest BCUT2D eigenvalue weighted by Crippen LogP contribution is -2.22. The molecule has 0 bridgehead atoms. The van der Waals surface area contributed by atoms with E-state index in [2.05, 4.69) is 16.8 Å². The van der Waals surface area contributed by atoms with Gasteiger partial charge in [0, 0.05) is 0 Å². The van der Waals surface area contributed by atoms with Crippen LogP contribution in [0.5, 0.6) is 0 Å². The van der Waals surface area contributed by atoms with Crippen molar-refractivity contribution < 1.29 is 19.1 Å². The summed E-state index contributed by atoms with van der Waals surface area (Å²) in [5, 5.41) is 0. The van der Waals surface area contributed by atoms with Crippen LogP contribution in [0.3, 0.4) is 0 Å². The zero-order valence-electron chi connectivity index (χ0n) is 9.12. The summed E-state index contributed by atoms with van der Waals surface area (Å²) in [7, 11) is 0. The quantitative estimate of drug-likeness (QED) is 0.482. The van der Waals surface area contributed by atoms with Crippen LogP contribution in [-0.2, 0) is 19.1 Å². The monoisotopic (exact) mass is 210 g/mol. The van der Waals surface area contributed by atoms with Gasteiger partial charge in [0.1, 0.15) is 11.7 Å². The fourth-order valence-electron chi connectivity index (χ4n) is 0.823. The molecule has 1 aliphatic carbocycles. The third-order valence-corrected chi connectivity index (χ3v) is 1.61. The maximum atomic E-state index is 11.0. The minimum atomic E-state index is -0.689. The van der Waals surface area contributed by atoms with Crippen LogP contribution in [0.4, 0.5) is 0 Å². The maximum absolute atomic E-state index is 11.0. The van der Waals surface area contributed by atoms with Crippen LogP contribution in [0.1, 0.15) is 33.6 Å². The molecule has 0 N–H and O–H groups in total. The van der Waals surface area contributed by atoms with E-state index < -0.39 is 11.6 Å². The first-order valence-corrected chi connectivity index (χ1v) is 4.83. The number of hydrogen-bond acceptors (Lipinski definition) is 4. The smallest absolute Gasteiger partial charge is 0.388 e. The molecule has 0 amide bonds. The molecule has 1 rings (SSSR count). The largest absolute Gasteiger partial charge is 0.450 e. The van der Waals surface area contributed by atoms with Gasteiger partial charge in [0.05, 0.1) is 11.8 Å². The molecule has 0 atom stereocenters. The molecule has 0 spiro atoms. The Morgan fingerprint density at radius 1 is 1.27 bits per heavy atom. The summed E-state index contributed by atoms with van der Waals surface area (Å²) in [6.45, 7) is 5.22. The first kappa shape index (κ1) is 11.6. The van der Waals surface area contributed by atoms with Crippen molar-refractivity contribution in [3.8, 4) is 12.0 Å². The third-order valence-electron chi connectivity index (χ3n) is 1.61. The second-order valence-corrected chi connectivity index (χ2v) is 4.42. The van der Waals surface area contributed by atoms with Gasteiger partial charge in [0.15, 0.2) is 0 Å². The Kier molecular flexibility index (Phi) is 3.35. The van der Waals surface area contributed by atoms with E-state index in [9.17, 15) is 9.59 Å². The molecule has 0 saturated heterocycles. The Morgan fingerprint density at radius 3 is 2.33 bits per heavy atom. The number of carbonyl (C=O) groups is 2. The van der Waals surface area contributed by atoms with Crippen LogP contribution < -0.4 is 0 Å². The minimum absolute atomic E-state index is 0.0158. The van der Waals surface area contributed by atoms with Crippen molar-refractivity contribution in [2.75, 3.05) is 0 Å². The summed E-state index contributed by atoms with van der Waals surface area (Å²) in [6.07, 6.45) is 3.76. The first-order valence-electron chi connectivity index (χ1n) is 4.83. The third kappa shape index (κ3) is 5.06. The first-order chi connectivity index (χ1) is 6.88. The Bertz CT molecular complexity index is 323. The van der Waals surface area contributed by atoms with Crippen LogP contribution in [0.15, 0.2) is 0 Å². The lowest BCUT2D eigenvalue weighted by atomic mass is 10.2. The van der Waals surface area contributed by atoms with Crippen molar-refractivity contribution in [1.82, 2.24) is 0 Å². The summed E-state index contributed by atoms with van der Waals surface area (Å²) >= 11 is 0. The van der Waals surface area contributed by atoms with Crippen molar-refractivity contribution >= 4 is 11.9 Å². The molecular weight excluding hydrogens is 196 g/mol. The molecular formula is C11H14O4. The van der Waals surface area contributed by atoms with Gasteiger partial charge in [-0.2, -0.15) is 0 Å². The molecule has 0 heterocycles. The van der Waals surface area contributed by atoms with Gasteiger partial charge in [-0.1, -0.05) is 0 Å². The van der Waals surface area contributed by atoms with Crippen LogP contribution >= 0.6 is 0 Å².